The lowest BCUT2D eigenvalue weighted by molar-refractivity contribution is 0.629. The smallest absolute Gasteiger partial charge is 0.154 e. The van der Waals surface area contributed by atoms with E-state index in [1.165, 1.54) is 5.57 Å². The molecule has 0 unspecified atom stereocenters. The average molecular weight is 353 g/mol. The molecular weight excluding hydrogens is 339 g/mol. The number of furan rings is 1. The molecule has 3 heterocycles. The van der Waals surface area contributed by atoms with Gasteiger partial charge in [-0.05, 0) is 36.7 Å². The molecule has 1 aromatic carbocycles. The van der Waals surface area contributed by atoms with Gasteiger partial charge in [-0.15, -0.1) is 23.7 Å². The fourth-order valence-electron chi connectivity index (χ4n) is 2.48. The summed E-state index contributed by atoms with van der Waals surface area (Å²) >= 11 is 7.66. The number of benzene rings is 1. The number of nitrogens with one attached hydrogen (secondary N) is 1. The minimum Gasteiger partial charge on any atom is -0.454 e. The molecule has 6 heteroatoms. The minimum atomic E-state index is 0. The van der Waals surface area contributed by atoms with Crippen LogP contribution >= 0.6 is 35.3 Å². The molecule has 0 fully saturated rings. The Morgan fingerprint density at radius 2 is 2.18 bits per heavy atom. The molecule has 3 aromatic rings. The largest absolute Gasteiger partial charge is 0.454 e. The Hall–Kier alpha value is -1.33. The second-order valence-electron chi connectivity index (χ2n) is 5.01. The van der Waals surface area contributed by atoms with Crippen LogP contribution < -0.4 is 5.32 Å². The number of hydrogen-bond donors (Lipinski definition) is 1. The molecule has 0 spiro atoms. The van der Waals surface area contributed by atoms with Crippen LogP contribution in [0.5, 0.6) is 0 Å². The Morgan fingerprint density at radius 1 is 1.27 bits per heavy atom. The fourth-order valence-corrected chi connectivity index (χ4v) is 3.52. The van der Waals surface area contributed by atoms with Gasteiger partial charge < -0.3 is 9.73 Å². The highest BCUT2D eigenvalue weighted by atomic mass is 35.5. The van der Waals surface area contributed by atoms with E-state index in [1.54, 1.807) is 11.3 Å². The van der Waals surface area contributed by atoms with Gasteiger partial charge in [-0.1, -0.05) is 17.7 Å². The summed E-state index contributed by atoms with van der Waals surface area (Å²) in [5.74, 6) is 0.796. The van der Waals surface area contributed by atoms with Crippen LogP contribution in [0.1, 0.15) is 11.4 Å². The molecule has 0 saturated carbocycles. The number of fused-ring (bicyclic) bond motifs is 1. The maximum atomic E-state index is 5.99. The van der Waals surface area contributed by atoms with Crippen molar-refractivity contribution < 1.29 is 4.42 Å². The number of hydrogen-bond acceptors (Lipinski definition) is 4. The summed E-state index contributed by atoms with van der Waals surface area (Å²) in [5, 5.41) is 8.19. The molecular formula is C16H14Cl2N2OS. The van der Waals surface area contributed by atoms with Crippen molar-refractivity contribution in [3.05, 3.63) is 45.8 Å². The molecule has 0 bridgehead atoms. The zero-order chi connectivity index (χ0) is 14.2. The Balaban J connectivity index is 0.00000144. The number of thiazole rings is 1. The molecule has 2 aromatic heterocycles. The average Bonchev–Trinajstić information content (AvgIpc) is 3.14. The van der Waals surface area contributed by atoms with Crippen LogP contribution in [0.15, 0.2) is 40.1 Å². The van der Waals surface area contributed by atoms with E-state index in [0.717, 1.165) is 46.9 Å². The normalized spacial score (nSPS) is 14.7. The Kier molecular flexibility index (Phi) is 4.54. The molecule has 0 aliphatic carbocycles. The molecule has 3 nitrogen and oxygen atoms in total. The Labute approximate surface area is 143 Å². The van der Waals surface area contributed by atoms with Crippen molar-refractivity contribution in [2.75, 3.05) is 13.1 Å². The van der Waals surface area contributed by atoms with Gasteiger partial charge in [-0.3, -0.25) is 0 Å². The number of rotatable bonds is 2. The molecule has 0 amide bonds. The van der Waals surface area contributed by atoms with E-state index in [9.17, 15) is 0 Å². The monoisotopic (exact) mass is 352 g/mol. The van der Waals surface area contributed by atoms with Gasteiger partial charge in [0.05, 0.1) is 0 Å². The van der Waals surface area contributed by atoms with Crippen molar-refractivity contribution in [2.24, 2.45) is 0 Å². The van der Waals surface area contributed by atoms with Gasteiger partial charge in [0.1, 0.15) is 16.3 Å². The third-order valence-corrected chi connectivity index (χ3v) is 4.73. The minimum absolute atomic E-state index is 0. The van der Waals surface area contributed by atoms with Gasteiger partial charge in [0, 0.05) is 28.4 Å². The first-order valence-electron chi connectivity index (χ1n) is 6.85. The number of nitrogens with zero attached hydrogens (tertiary/aromatic N) is 1. The second kappa shape index (κ2) is 6.42. The van der Waals surface area contributed by atoms with Crippen molar-refractivity contribution in [3.63, 3.8) is 0 Å². The van der Waals surface area contributed by atoms with Gasteiger partial charge in [0.15, 0.2) is 5.76 Å². The summed E-state index contributed by atoms with van der Waals surface area (Å²) in [4.78, 5) is 4.72. The lowest BCUT2D eigenvalue weighted by Crippen LogP contribution is -2.19. The van der Waals surface area contributed by atoms with Crippen molar-refractivity contribution in [1.29, 1.82) is 0 Å². The van der Waals surface area contributed by atoms with Crippen LogP contribution in [0, 0.1) is 0 Å². The predicted octanol–water partition coefficient (Wildman–Crippen LogP) is 5.01. The summed E-state index contributed by atoms with van der Waals surface area (Å²) in [6.07, 6.45) is 3.24. The van der Waals surface area contributed by atoms with Crippen LogP contribution in [-0.2, 0) is 0 Å². The van der Waals surface area contributed by atoms with Gasteiger partial charge in [-0.2, -0.15) is 0 Å². The highest BCUT2D eigenvalue weighted by Crippen LogP contribution is 2.32. The maximum Gasteiger partial charge on any atom is 0.154 e. The van der Waals surface area contributed by atoms with E-state index in [2.05, 4.69) is 16.8 Å². The number of aromatic nitrogens is 1. The topological polar surface area (TPSA) is 38.1 Å². The highest BCUT2D eigenvalue weighted by molar-refractivity contribution is 7.11. The van der Waals surface area contributed by atoms with Gasteiger partial charge in [-0.25, -0.2) is 4.98 Å². The van der Waals surface area contributed by atoms with Crippen LogP contribution in [0.2, 0.25) is 5.02 Å². The lowest BCUT2D eigenvalue weighted by Gasteiger charge is -2.11. The lowest BCUT2D eigenvalue weighted by atomic mass is 10.1. The zero-order valence-corrected chi connectivity index (χ0v) is 14.0. The first kappa shape index (κ1) is 15.6. The van der Waals surface area contributed by atoms with E-state index in [0.29, 0.717) is 5.02 Å². The highest BCUT2D eigenvalue weighted by Gasteiger charge is 2.14. The van der Waals surface area contributed by atoms with Crippen LogP contribution in [-0.4, -0.2) is 18.1 Å². The van der Waals surface area contributed by atoms with E-state index >= 15 is 0 Å². The SMILES string of the molecule is Cl.Clc1ccc2cc(-c3csc(C4=CCNCC4)n3)oc2c1. The van der Waals surface area contributed by atoms with Crippen molar-refractivity contribution >= 4 is 51.9 Å². The quantitative estimate of drug-likeness (QED) is 0.704. The summed E-state index contributed by atoms with van der Waals surface area (Å²) in [5.41, 5.74) is 3.01. The Bertz CT molecular complexity index is 838. The number of halogens is 2. The molecule has 114 valence electrons. The molecule has 1 N–H and O–H groups in total. The van der Waals surface area contributed by atoms with E-state index < -0.39 is 0 Å². The summed E-state index contributed by atoms with van der Waals surface area (Å²) in [6.45, 7) is 1.94. The van der Waals surface area contributed by atoms with Gasteiger partial charge in [0.25, 0.3) is 0 Å². The summed E-state index contributed by atoms with van der Waals surface area (Å²) in [6, 6.07) is 7.69. The maximum absolute atomic E-state index is 5.99. The van der Waals surface area contributed by atoms with Gasteiger partial charge in [0.2, 0.25) is 0 Å². The van der Waals surface area contributed by atoms with Crippen LogP contribution in [0.25, 0.3) is 28.0 Å². The third-order valence-electron chi connectivity index (χ3n) is 3.58. The molecule has 0 saturated heterocycles. The molecule has 1 aliphatic rings. The first-order chi connectivity index (χ1) is 10.3. The van der Waals surface area contributed by atoms with Crippen molar-refractivity contribution in [3.8, 4) is 11.5 Å². The summed E-state index contributed by atoms with van der Waals surface area (Å²) < 4.78 is 5.86. The van der Waals surface area contributed by atoms with E-state index in [4.69, 9.17) is 21.0 Å². The molecule has 0 atom stereocenters. The second-order valence-corrected chi connectivity index (χ2v) is 6.31. The molecule has 0 radical (unpaired) electrons. The van der Waals surface area contributed by atoms with E-state index in [1.807, 2.05) is 24.3 Å². The first-order valence-corrected chi connectivity index (χ1v) is 8.10. The third kappa shape index (κ3) is 2.92. The van der Waals surface area contributed by atoms with Crippen LogP contribution in [0.4, 0.5) is 0 Å². The Morgan fingerprint density at radius 3 is 3.00 bits per heavy atom. The van der Waals surface area contributed by atoms with Crippen LogP contribution in [0.3, 0.4) is 0 Å². The predicted molar refractivity (Wildman–Crippen MR) is 95.0 cm³/mol. The standard InChI is InChI=1S/C16H13ClN2OS.ClH/c17-12-2-1-11-7-15(20-14(11)8-12)13-9-21-16(19-13)10-3-5-18-6-4-10;/h1-3,7-9,18H,4-6H2;1H. The molecule has 1 aliphatic heterocycles. The van der Waals surface area contributed by atoms with Crippen molar-refractivity contribution in [2.45, 2.75) is 6.42 Å². The summed E-state index contributed by atoms with van der Waals surface area (Å²) in [7, 11) is 0. The van der Waals surface area contributed by atoms with Gasteiger partial charge >= 0.3 is 0 Å². The molecule has 4 rings (SSSR count). The van der Waals surface area contributed by atoms with E-state index in [-0.39, 0.29) is 12.4 Å². The zero-order valence-electron chi connectivity index (χ0n) is 11.6. The van der Waals surface area contributed by atoms with Crippen molar-refractivity contribution in [1.82, 2.24) is 10.3 Å². The fraction of sp³-hybridized carbons (Fsp3) is 0.188. The molecule has 22 heavy (non-hydrogen) atoms.